The second-order valence-electron chi connectivity index (χ2n) is 2.60. The predicted octanol–water partition coefficient (Wildman–Crippen LogP) is 2.05. The highest BCUT2D eigenvalue weighted by Gasteiger charge is 2.03. The van der Waals surface area contributed by atoms with Crippen molar-refractivity contribution in [2.45, 2.75) is 12.1 Å². The molecule has 4 nitrogen and oxygen atoms in total. The van der Waals surface area contributed by atoms with E-state index in [9.17, 15) is 0 Å². The van der Waals surface area contributed by atoms with E-state index >= 15 is 0 Å². The van der Waals surface area contributed by atoms with E-state index in [1.54, 1.807) is 0 Å². The molecule has 2 aromatic heterocycles. The summed E-state index contributed by atoms with van der Waals surface area (Å²) < 4.78 is 0.568. The molecule has 2 N–H and O–H groups in total. The molecule has 0 bridgehead atoms. The van der Waals surface area contributed by atoms with Crippen LogP contribution in [0.2, 0.25) is 0 Å². The molecule has 0 unspecified atom stereocenters. The molecule has 2 aromatic rings. The maximum absolute atomic E-state index is 5.11. The van der Waals surface area contributed by atoms with Crippen LogP contribution in [-0.2, 0) is 0 Å². The van der Waals surface area contributed by atoms with Crippen molar-refractivity contribution in [2.24, 2.45) is 0 Å². The van der Waals surface area contributed by atoms with Gasteiger partial charge < -0.3 is 9.97 Å². The minimum atomic E-state index is 0.568. The third-order valence-electron chi connectivity index (χ3n) is 1.66. The molecule has 2 heterocycles. The Morgan fingerprint density at radius 2 is 2.08 bits per heavy atom. The van der Waals surface area contributed by atoms with Gasteiger partial charge in [-0.1, -0.05) is 24.0 Å². The van der Waals surface area contributed by atoms with E-state index in [4.69, 9.17) is 12.2 Å². The fourth-order valence-electron chi connectivity index (χ4n) is 1.11. The summed E-state index contributed by atoms with van der Waals surface area (Å²) in [5.74, 6) is 0.845. The average molecular weight is 212 g/mol. The van der Waals surface area contributed by atoms with Gasteiger partial charge in [0.05, 0.1) is 0 Å². The monoisotopic (exact) mass is 212 g/mol. The SMILES string of the molecule is CSc1nc(=S)c2[nH]c(C)nc2[nH]1. The Kier molecular flexibility index (Phi) is 2.09. The van der Waals surface area contributed by atoms with Crippen LogP contribution in [0.1, 0.15) is 5.82 Å². The maximum atomic E-state index is 5.11. The molecule has 13 heavy (non-hydrogen) atoms. The molecule has 0 aromatic carbocycles. The lowest BCUT2D eigenvalue weighted by atomic mass is 10.6. The molecule has 0 saturated heterocycles. The fourth-order valence-corrected chi connectivity index (χ4v) is 1.79. The van der Waals surface area contributed by atoms with Crippen LogP contribution in [0.25, 0.3) is 11.2 Å². The number of hydrogen-bond acceptors (Lipinski definition) is 4. The van der Waals surface area contributed by atoms with Crippen LogP contribution in [0, 0.1) is 11.6 Å². The molecule has 0 fully saturated rings. The van der Waals surface area contributed by atoms with Crippen LogP contribution in [0.5, 0.6) is 0 Å². The zero-order valence-electron chi connectivity index (χ0n) is 7.21. The van der Waals surface area contributed by atoms with Crippen molar-refractivity contribution in [3.05, 3.63) is 10.5 Å². The van der Waals surface area contributed by atoms with Gasteiger partial charge in [0.1, 0.15) is 11.3 Å². The maximum Gasteiger partial charge on any atom is 0.168 e. The molecule has 68 valence electrons. The lowest BCUT2D eigenvalue weighted by molar-refractivity contribution is 0.986. The van der Waals surface area contributed by atoms with Gasteiger partial charge in [-0.3, -0.25) is 0 Å². The highest BCUT2D eigenvalue weighted by Crippen LogP contribution is 2.14. The lowest BCUT2D eigenvalue weighted by Gasteiger charge is -1.94. The van der Waals surface area contributed by atoms with Crippen LogP contribution >= 0.6 is 24.0 Å². The quantitative estimate of drug-likeness (QED) is 0.431. The van der Waals surface area contributed by atoms with Crippen LogP contribution < -0.4 is 0 Å². The average Bonchev–Trinajstić information content (AvgIpc) is 2.46. The number of fused-ring (bicyclic) bond motifs is 1. The topological polar surface area (TPSA) is 57.4 Å². The normalized spacial score (nSPS) is 10.9. The molecule has 0 spiro atoms. The Morgan fingerprint density at radius 1 is 1.31 bits per heavy atom. The molecule has 0 aliphatic carbocycles. The van der Waals surface area contributed by atoms with Gasteiger partial charge in [-0.25, -0.2) is 9.97 Å². The van der Waals surface area contributed by atoms with Crippen LogP contribution in [0.3, 0.4) is 0 Å². The number of thioether (sulfide) groups is 1. The summed E-state index contributed by atoms with van der Waals surface area (Å²) in [6.45, 7) is 1.89. The number of aryl methyl sites for hydroxylation is 1. The minimum Gasteiger partial charge on any atom is -0.338 e. The molecule has 0 atom stereocenters. The number of rotatable bonds is 1. The molecule has 0 saturated carbocycles. The van der Waals surface area contributed by atoms with Gasteiger partial charge >= 0.3 is 0 Å². The van der Waals surface area contributed by atoms with E-state index in [-0.39, 0.29) is 0 Å². The number of aromatic nitrogens is 4. The summed E-state index contributed by atoms with van der Waals surface area (Å²) in [5.41, 5.74) is 1.59. The van der Waals surface area contributed by atoms with Crippen LogP contribution in [0.4, 0.5) is 0 Å². The Morgan fingerprint density at radius 3 is 2.77 bits per heavy atom. The first-order valence-electron chi connectivity index (χ1n) is 3.71. The van der Waals surface area contributed by atoms with Gasteiger partial charge in [0.15, 0.2) is 15.4 Å². The van der Waals surface area contributed by atoms with Crippen molar-refractivity contribution in [1.82, 2.24) is 19.9 Å². The van der Waals surface area contributed by atoms with Gasteiger partial charge in [0, 0.05) is 0 Å². The number of aromatic amines is 2. The highest BCUT2D eigenvalue weighted by atomic mass is 32.2. The van der Waals surface area contributed by atoms with E-state index in [1.807, 2.05) is 13.2 Å². The van der Waals surface area contributed by atoms with E-state index in [0.717, 1.165) is 22.1 Å². The summed E-state index contributed by atoms with van der Waals surface area (Å²) in [6, 6.07) is 0. The third kappa shape index (κ3) is 1.47. The van der Waals surface area contributed by atoms with Gasteiger partial charge in [0.25, 0.3) is 0 Å². The predicted molar refractivity (Wildman–Crippen MR) is 55.6 cm³/mol. The highest BCUT2D eigenvalue weighted by molar-refractivity contribution is 7.98. The molecular formula is C7H8N4S2. The summed E-state index contributed by atoms with van der Waals surface area (Å²) in [4.78, 5) is 14.6. The first-order chi connectivity index (χ1) is 6.20. The number of H-pyrrole nitrogens is 2. The molecule has 2 rings (SSSR count). The van der Waals surface area contributed by atoms with E-state index in [1.165, 1.54) is 11.8 Å². The second kappa shape index (κ2) is 3.12. The molecule has 0 radical (unpaired) electrons. The minimum absolute atomic E-state index is 0.568. The molecular weight excluding hydrogens is 204 g/mol. The largest absolute Gasteiger partial charge is 0.338 e. The Bertz CT molecular complexity index is 499. The van der Waals surface area contributed by atoms with Gasteiger partial charge in [-0.05, 0) is 13.2 Å². The lowest BCUT2D eigenvalue weighted by Crippen LogP contribution is -1.87. The van der Waals surface area contributed by atoms with Crippen molar-refractivity contribution in [3.8, 4) is 0 Å². The number of imidazole rings is 1. The summed E-state index contributed by atoms with van der Waals surface area (Å²) in [5, 5.41) is 0.795. The molecule has 6 heteroatoms. The van der Waals surface area contributed by atoms with E-state index in [0.29, 0.717) is 4.64 Å². The Balaban J connectivity index is 2.83. The zero-order chi connectivity index (χ0) is 9.42. The molecule has 0 aliphatic rings. The summed E-state index contributed by atoms with van der Waals surface area (Å²) in [6.07, 6.45) is 1.94. The van der Waals surface area contributed by atoms with Gasteiger partial charge in [-0.15, -0.1) is 0 Å². The van der Waals surface area contributed by atoms with Gasteiger partial charge in [0.2, 0.25) is 0 Å². The van der Waals surface area contributed by atoms with Gasteiger partial charge in [-0.2, -0.15) is 0 Å². The number of nitrogens with one attached hydrogen (secondary N) is 2. The van der Waals surface area contributed by atoms with Crippen LogP contribution in [0.15, 0.2) is 5.16 Å². The fraction of sp³-hybridized carbons (Fsp3) is 0.286. The molecule has 0 amide bonds. The van der Waals surface area contributed by atoms with Crippen molar-refractivity contribution in [3.63, 3.8) is 0 Å². The van der Waals surface area contributed by atoms with Crippen molar-refractivity contribution >= 4 is 35.1 Å². The van der Waals surface area contributed by atoms with E-state index in [2.05, 4.69) is 19.9 Å². The number of nitrogens with zero attached hydrogens (tertiary/aromatic N) is 2. The smallest absolute Gasteiger partial charge is 0.168 e. The second-order valence-corrected chi connectivity index (χ2v) is 3.78. The first kappa shape index (κ1) is 8.71. The first-order valence-corrected chi connectivity index (χ1v) is 5.34. The Hall–Kier alpha value is -0.880. The summed E-state index contributed by atoms with van der Waals surface area (Å²) >= 11 is 6.62. The summed E-state index contributed by atoms with van der Waals surface area (Å²) in [7, 11) is 0. The van der Waals surface area contributed by atoms with Crippen molar-refractivity contribution < 1.29 is 0 Å². The number of hydrogen-bond donors (Lipinski definition) is 2. The zero-order valence-corrected chi connectivity index (χ0v) is 8.84. The van der Waals surface area contributed by atoms with E-state index < -0.39 is 0 Å². The Labute approximate surface area is 84.2 Å². The third-order valence-corrected chi connectivity index (χ3v) is 2.53. The molecule has 0 aliphatic heterocycles. The van der Waals surface area contributed by atoms with Crippen molar-refractivity contribution in [2.75, 3.05) is 6.26 Å². The standard InChI is InChI=1S/C7H8N4S2/c1-3-8-4-5(9-3)10-7(13-2)11-6(4)12/h1-2H3,(H2,8,9,10,11,12). The van der Waals surface area contributed by atoms with Crippen LogP contribution in [-0.4, -0.2) is 26.2 Å². The van der Waals surface area contributed by atoms with Crippen molar-refractivity contribution in [1.29, 1.82) is 0 Å².